The van der Waals surface area contributed by atoms with Crippen molar-refractivity contribution in [2.45, 2.75) is 45.2 Å². The van der Waals surface area contributed by atoms with Gasteiger partial charge in [-0.15, -0.1) is 0 Å². The quantitative estimate of drug-likeness (QED) is 0.715. The molecule has 0 aromatic heterocycles. The van der Waals surface area contributed by atoms with Gasteiger partial charge in [-0.3, -0.25) is 4.79 Å². The largest absolute Gasteiger partial charge is 0.368 e. The van der Waals surface area contributed by atoms with Crippen LogP contribution in [0.1, 0.15) is 33.1 Å². The van der Waals surface area contributed by atoms with Crippen molar-refractivity contribution in [3.8, 4) is 0 Å². The van der Waals surface area contributed by atoms with Gasteiger partial charge in [0, 0.05) is 19.1 Å². The molecule has 3 atom stereocenters. The Bertz CT molecular complexity index is 410. The van der Waals surface area contributed by atoms with E-state index < -0.39 is 10.0 Å². The minimum Gasteiger partial charge on any atom is -0.368 e. The molecule has 0 spiro atoms. The van der Waals surface area contributed by atoms with Crippen LogP contribution in [-0.2, 0) is 14.8 Å². The molecule has 0 saturated carbocycles. The van der Waals surface area contributed by atoms with Gasteiger partial charge in [-0.05, 0) is 18.8 Å². The molecule has 1 rings (SSSR count). The molecule has 0 aliphatic carbocycles. The van der Waals surface area contributed by atoms with Crippen LogP contribution in [0.3, 0.4) is 0 Å². The fourth-order valence-electron chi connectivity index (χ4n) is 2.59. The van der Waals surface area contributed by atoms with E-state index >= 15 is 0 Å². The first-order chi connectivity index (χ1) is 8.79. The van der Waals surface area contributed by atoms with Crippen molar-refractivity contribution in [1.29, 1.82) is 0 Å². The number of nitrogens with zero attached hydrogens (tertiary/aromatic N) is 1. The van der Waals surface area contributed by atoms with E-state index in [1.54, 1.807) is 0 Å². The summed E-state index contributed by atoms with van der Waals surface area (Å²) < 4.78 is 24.7. The summed E-state index contributed by atoms with van der Waals surface area (Å²) in [6.07, 6.45) is 3.48. The van der Waals surface area contributed by atoms with Gasteiger partial charge in [0.25, 0.3) is 0 Å². The molecule has 1 aliphatic heterocycles. The number of hydrogen-bond acceptors (Lipinski definition) is 4. The molecule has 0 unspecified atom stereocenters. The van der Waals surface area contributed by atoms with Gasteiger partial charge >= 0.3 is 0 Å². The highest BCUT2D eigenvalue weighted by molar-refractivity contribution is 7.88. The molecular formula is C12H25N3O3S. The standard InChI is InChI=1S/C12H25N3O3S/c1-4-9-8-15(19(3,17)18)7-6-11(9)14-10(5-2)12(13)16/h9-11,14H,4-8H2,1-3H3,(H2,13,16)/t9-,10-,11-/m0/s1. The normalized spacial score (nSPS) is 27.1. The topological polar surface area (TPSA) is 92.5 Å². The Kier molecular flexibility index (Phi) is 5.76. The summed E-state index contributed by atoms with van der Waals surface area (Å²) in [5, 5.41) is 3.28. The number of piperidine rings is 1. The van der Waals surface area contributed by atoms with Gasteiger partial charge in [-0.25, -0.2) is 12.7 Å². The molecule has 112 valence electrons. The average Bonchev–Trinajstić information content (AvgIpc) is 2.34. The zero-order chi connectivity index (χ0) is 14.6. The lowest BCUT2D eigenvalue weighted by atomic mass is 9.90. The van der Waals surface area contributed by atoms with Crippen molar-refractivity contribution < 1.29 is 13.2 Å². The van der Waals surface area contributed by atoms with Gasteiger partial charge in [0.2, 0.25) is 15.9 Å². The highest BCUT2D eigenvalue weighted by atomic mass is 32.2. The third kappa shape index (κ3) is 4.43. The fourth-order valence-corrected chi connectivity index (χ4v) is 3.49. The number of nitrogens with two attached hydrogens (primary N) is 1. The maximum absolute atomic E-state index is 11.6. The first-order valence-corrected chi connectivity index (χ1v) is 8.64. The highest BCUT2D eigenvalue weighted by Crippen LogP contribution is 2.22. The summed E-state index contributed by atoms with van der Waals surface area (Å²) in [5.74, 6) is -0.125. The molecule has 1 heterocycles. The van der Waals surface area contributed by atoms with Crippen molar-refractivity contribution in [2.24, 2.45) is 11.7 Å². The van der Waals surface area contributed by atoms with Gasteiger partial charge in [0.15, 0.2) is 0 Å². The van der Waals surface area contributed by atoms with E-state index in [1.807, 2.05) is 13.8 Å². The molecular weight excluding hydrogens is 266 g/mol. The van der Waals surface area contributed by atoms with Crippen LogP contribution in [0, 0.1) is 5.92 Å². The lowest BCUT2D eigenvalue weighted by molar-refractivity contribution is -0.120. The third-order valence-electron chi connectivity index (χ3n) is 3.86. The number of carbonyl (C=O) groups excluding carboxylic acids is 1. The minimum absolute atomic E-state index is 0.153. The van der Waals surface area contributed by atoms with E-state index in [0.29, 0.717) is 19.5 Å². The van der Waals surface area contributed by atoms with E-state index in [-0.39, 0.29) is 23.9 Å². The average molecular weight is 291 g/mol. The summed E-state index contributed by atoms with van der Waals surface area (Å²) in [5.41, 5.74) is 5.34. The van der Waals surface area contributed by atoms with E-state index in [4.69, 9.17) is 5.73 Å². The summed E-state index contributed by atoms with van der Waals surface area (Å²) >= 11 is 0. The number of rotatable bonds is 6. The minimum atomic E-state index is -3.13. The first-order valence-electron chi connectivity index (χ1n) is 6.80. The Balaban J connectivity index is 2.69. The number of primary amides is 1. The van der Waals surface area contributed by atoms with Crippen LogP contribution in [0.4, 0.5) is 0 Å². The predicted octanol–water partition coefficient (Wildman–Crippen LogP) is -0.1000. The van der Waals surface area contributed by atoms with Gasteiger partial charge in [0.05, 0.1) is 12.3 Å². The Morgan fingerprint density at radius 3 is 2.53 bits per heavy atom. The van der Waals surface area contributed by atoms with Crippen LogP contribution in [0.2, 0.25) is 0 Å². The highest BCUT2D eigenvalue weighted by Gasteiger charge is 2.33. The fraction of sp³-hybridized carbons (Fsp3) is 0.917. The van der Waals surface area contributed by atoms with Crippen molar-refractivity contribution in [3.63, 3.8) is 0 Å². The maximum atomic E-state index is 11.6. The lowest BCUT2D eigenvalue weighted by Crippen LogP contribution is -2.55. The molecule has 0 aromatic rings. The molecule has 0 radical (unpaired) electrons. The van der Waals surface area contributed by atoms with Crippen LogP contribution >= 0.6 is 0 Å². The van der Waals surface area contributed by atoms with Gasteiger partial charge in [0.1, 0.15) is 0 Å². The Labute approximate surface area is 115 Å². The van der Waals surface area contributed by atoms with Crippen LogP contribution < -0.4 is 11.1 Å². The number of sulfonamides is 1. The summed E-state index contributed by atoms with van der Waals surface area (Å²) in [6.45, 7) is 4.97. The molecule has 1 saturated heterocycles. The number of amides is 1. The van der Waals surface area contributed by atoms with Crippen LogP contribution in [0.5, 0.6) is 0 Å². The molecule has 3 N–H and O–H groups in total. The second kappa shape index (κ2) is 6.67. The second-order valence-electron chi connectivity index (χ2n) is 5.21. The summed E-state index contributed by atoms with van der Waals surface area (Å²) in [7, 11) is -3.13. The summed E-state index contributed by atoms with van der Waals surface area (Å²) in [6, 6.07) is -0.177. The SMILES string of the molecule is CC[C@H]1CN(S(C)(=O)=O)CC[C@@H]1N[C@@H](CC)C(N)=O. The van der Waals surface area contributed by atoms with Crippen molar-refractivity contribution in [2.75, 3.05) is 19.3 Å². The van der Waals surface area contributed by atoms with E-state index in [0.717, 1.165) is 12.8 Å². The Hall–Kier alpha value is -0.660. The monoisotopic (exact) mass is 291 g/mol. The van der Waals surface area contributed by atoms with E-state index in [9.17, 15) is 13.2 Å². The number of nitrogens with one attached hydrogen (secondary N) is 1. The Morgan fingerprint density at radius 1 is 1.47 bits per heavy atom. The molecule has 1 aliphatic rings. The van der Waals surface area contributed by atoms with Crippen molar-refractivity contribution >= 4 is 15.9 Å². The summed E-state index contributed by atoms with van der Waals surface area (Å²) in [4.78, 5) is 11.3. The van der Waals surface area contributed by atoms with Gasteiger partial charge in [-0.2, -0.15) is 0 Å². The molecule has 19 heavy (non-hydrogen) atoms. The molecule has 1 fully saturated rings. The predicted molar refractivity (Wildman–Crippen MR) is 75.0 cm³/mol. The van der Waals surface area contributed by atoms with Gasteiger partial charge in [-0.1, -0.05) is 20.3 Å². The smallest absolute Gasteiger partial charge is 0.234 e. The lowest BCUT2D eigenvalue weighted by Gasteiger charge is -2.38. The van der Waals surface area contributed by atoms with Gasteiger partial charge < -0.3 is 11.1 Å². The van der Waals surface area contributed by atoms with Crippen molar-refractivity contribution in [1.82, 2.24) is 9.62 Å². The molecule has 1 amide bonds. The van der Waals surface area contributed by atoms with Crippen molar-refractivity contribution in [3.05, 3.63) is 0 Å². The zero-order valence-corrected chi connectivity index (χ0v) is 12.7. The Morgan fingerprint density at radius 2 is 2.11 bits per heavy atom. The maximum Gasteiger partial charge on any atom is 0.234 e. The number of carbonyl (C=O) groups is 1. The first kappa shape index (κ1) is 16.4. The van der Waals surface area contributed by atoms with E-state index in [2.05, 4.69) is 5.32 Å². The molecule has 7 heteroatoms. The molecule has 0 aromatic carbocycles. The van der Waals surface area contributed by atoms with Crippen LogP contribution in [-0.4, -0.2) is 50.1 Å². The van der Waals surface area contributed by atoms with E-state index in [1.165, 1.54) is 10.6 Å². The van der Waals surface area contributed by atoms with Crippen LogP contribution in [0.15, 0.2) is 0 Å². The van der Waals surface area contributed by atoms with Crippen LogP contribution in [0.25, 0.3) is 0 Å². The zero-order valence-electron chi connectivity index (χ0n) is 11.9. The molecule has 6 nitrogen and oxygen atoms in total. The number of hydrogen-bond donors (Lipinski definition) is 2. The third-order valence-corrected chi connectivity index (χ3v) is 5.13. The molecule has 0 bridgehead atoms. The second-order valence-corrected chi connectivity index (χ2v) is 7.20.